The van der Waals surface area contributed by atoms with Crippen molar-refractivity contribution < 1.29 is 4.79 Å². The fourth-order valence-electron chi connectivity index (χ4n) is 2.36. The average molecular weight is 246 g/mol. The quantitative estimate of drug-likeness (QED) is 0.833. The molecule has 0 radical (unpaired) electrons. The molecule has 3 nitrogen and oxygen atoms in total. The van der Waals surface area contributed by atoms with Crippen LogP contribution in [0.5, 0.6) is 0 Å². The highest BCUT2D eigenvalue weighted by atomic mass is 16.2. The predicted octanol–water partition coefficient (Wildman–Crippen LogP) is 2.46. The Labute approximate surface area is 109 Å². The van der Waals surface area contributed by atoms with Crippen molar-refractivity contribution in [1.29, 1.82) is 0 Å². The molecule has 0 saturated carbocycles. The van der Waals surface area contributed by atoms with Crippen LogP contribution in [-0.2, 0) is 11.2 Å². The van der Waals surface area contributed by atoms with Crippen molar-refractivity contribution in [3.63, 3.8) is 0 Å². The second-order valence-corrected chi connectivity index (χ2v) is 5.30. The van der Waals surface area contributed by atoms with Crippen LogP contribution < -0.4 is 5.73 Å². The number of anilines is 1. The SMILES string of the molecule is CC1CCC(=O)N(CCc2ccc(N)cc2)CC1. The van der Waals surface area contributed by atoms with Crippen LogP contribution >= 0.6 is 0 Å². The molecule has 0 aliphatic carbocycles. The van der Waals surface area contributed by atoms with Crippen molar-refractivity contribution in [3.05, 3.63) is 29.8 Å². The topological polar surface area (TPSA) is 46.3 Å². The molecule has 1 fully saturated rings. The zero-order chi connectivity index (χ0) is 13.0. The normalized spacial score (nSPS) is 20.8. The summed E-state index contributed by atoms with van der Waals surface area (Å²) in [5.41, 5.74) is 7.69. The molecular formula is C15H22N2O. The van der Waals surface area contributed by atoms with Crippen LogP contribution in [0.25, 0.3) is 0 Å². The average Bonchev–Trinajstić information content (AvgIpc) is 2.52. The summed E-state index contributed by atoms with van der Waals surface area (Å²) in [6.07, 6.45) is 3.80. The molecule has 0 bridgehead atoms. The van der Waals surface area contributed by atoms with Crippen LogP contribution in [0.1, 0.15) is 31.7 Å². The molecule has 1 aromatic carbocycles. The van der Waals surface area contributed by atoms with Crippen LogP contribution in [0.3, 0.4) is 0 Å². The van der Waals surface area contributed by atoms with Gasteiger partial charge in [0.25, 0.3) is 0 Å². The van der Waals surface area contributed by atoms with Gasteiger partial charge in [-0.1, -0.05) is 19.1 Å². The monoisotopic (exact) mass is 246 g/mol. The molecule has 18 heavy (non-hydrogen) atoms. The van der Waals surface area contributed by atoms with E-state index in [0.717, 1.165) is 38.0 Å². The minimum atomic E-state index is 0.315. The number of carbonyl (C=O) groups is 1. The third-order valence-electron chi connectivity index (χ3n) is 3.75. The Morgan fingerprint density at radius 1 is 1.28 bits per heavy atom. The zero-order valence-corrected chi connectivity index (χ0v) is 11.1. The van der Waals surface area contributed by atoms with E-state index in [2.05, 4.69) is 6.92 Å². The van der Waals surface area contributed by atoms with Crippen LogP contribution in [0, 0.1) is 5.92 Å². The van der Waals surface area contributed by atoms with E-state index in [1.54, 1.807) is 0 Å². The molecule has 0 spiro atoms. The molecule has 1 unspecified atom stereocenters. The second-order valence-electron chi connectivity index (χ2n) is 5.30. The number of nitrogen functional groups attached to an aromatic ring is 1. The van der Waals surface area contributed by atoms with Gasteiger partial charge >= 0.3 is 0 Å². The molecule has 1 aliphatic rings. The number of hydrogen-bond acceptors (Lipinski definition) is 2. The van der Waals surface area contributed by atoms with Gasteiger partial charge in [0, 0.05) is 25.2 Å². The Balaban J connectivity index is 1.88. The van der Waals surface area contributed by atoms with E-state index in [1.165, 1.54) is 5.56 Å². The van der Waals surface area contributed by atoms with Crippen LogP contribution in [0.2, 0.25) is 0 Å². The summed E-state index contributed by atoms with van der Waals surface area (Å²) in [5.74, 6) is 0.991. The van der Waals surface area contributed by atoms with Crippen LogP contribution in [0.15, 0.2) is 24.3 Å². The first-order valence-corrected chi connectivity index (χ1v) is 6.77. The minimum Gasteiger partial charge on any atom is -0.399 e. The molecule has 1 atom stereocenters. The maximum Gasteiger partial charge on any atom is 0.222 e. The number of nitrogens with two attached hydrogens (primary N) is 1. The number of benzene rings is 1. The van der Waals surface area contributed by atoms with Crippen molar-refractivity contribution in [2.24, 2.45) is 5.92 Å². The number of carbonyl (C=O) groups excluding carboxylic acids is 1. The number of nitrogens with zero attached hydrogens (tertiary/aromatic N) is 1. The van der Waals surface area contributed by atoms with E-state index in [1.807, 2.05) is 29.2 Å². The highest BCUT2D eigenvalue weighted by Crippen LogP contribution is 2.18. The molecule has 1 saturated heterocycles. The van der Waals surface area contributed by atoms with Crippen molar-refractivity contribution in [1.82, 2.24) is 4.90 Å². The molecule has 98 valence electrons. The van der Waals surface area contributed by atoms with Gasteiger partial charge in [-0.2, -0.15) is 0 Å². The van der Waals surface area contributed by atoms with Gasteiger partial charge in [0.1, 0.15) is 0 Å². The number of hydrogen-bond donors (Lipinski definition) is 1. The lowest BCUT2D eigenvalue weighted by Gasteiger charge is -2.20. The van der Waals surface area contributed by atoms with Crippen molar-refractivity contribution in [2.45, 2.75) is 32.6 Å². The first-order valence-electron chi connectivity index (χ1n) is 6.77. The molecule has 1 aromatic rings. The lowest BCUT2D eigenvalue weighted by atomic mass is 10.0. The summed E-state index contributed by atoms with van der Waals surface area (Å²) in [6, 6.07) is 7.92. The Bertz CT molecular complexity index is 399. The van der Waals surface area contributed by atoms with Gasteiger partial charge < -0.3 is 10.6 Å². The first kappa shape index (κ1) is 12.9. The number of rotatable bonds is 3. The first-order chi connectivity index (χ1) is 8.65. The van der Waals surface area contributed by atoms with E-state index in [-0.39, 0.29) is 0 Å². The lowest BCUT2D eigenvalue weighted by molar-refractivity contribution is -0.130. The van der Waals surface area contributed by atoms with Crippen molar-refractivity contribution >= 4 is 11.6 Å². The van der Waals surface area contributed by atoms with Crippen LogP contribution in [-0.4, -0.2) is 23.9 Å². The number of likely N-dealkylation sites (tertiary alicyclic amines) is 1. The van der Waals surface area contributed by atoms with Gasteiger partial charge in [-0.05, 0) is 42.9 Å². The van der Waals surface area contributed by atoms with Gasteiger partial charge in [-0.15, -0.1) is 0 Å². The highest BCUT2D eigenvalue weighted by molar-refractivity contribution is 5.76. The zero-order valence-electron chi connectivity index (χ0n) is 11.1. The summed E-state index contributed by atoms with van der Waals surface area (Å²) < 4.78 is 0. The summed E-state index contributed by atoms with van der Waals surface area (Å²) in [4.78, 5) is 14.0. The van der Waals surface area contributed by atoms with Crippen molar-refractivity contribution in [3.8, 4) is 0 Å². The maximum atomic E-state index is 11.9. The van der Waals surface area contributed by atoms with E-state index >= 15 is 0 Å². The molecule has 2 N–H and O–H groups in total. The summed E-state index contributed by atoms with van der Waals surface area (Å²) in [5, 5.41) is 0. The van der Waals surface area contributed by atoms with Crippen LogP contribution in [0.4, 0.5) is 5.69 Å². The fourth-order valence-corrected chi connectivity index (χ4v) is 2.36. The van der Waals surface area contributed by atoms with Gasteiger partial charge in [-0.25, -0.2) is 0 Å². The third-order valence-corrected chi connectivity index (χ3v) is 3.75. The Morgan fingerprint density at radius 2 is 2.00 bits per heavy atom. The smallest absolute Gasteiger partial charge is 0.222 e. The van der Waals surface area contributed by atoms with E-state index < -0.39 is 0 Å². The molecule has 1 amide bonds. The van der Waals surface area contributed by atoms with Gasteiger partial charge in [0.15, 0.2) is 0 Å². The largest absolute Gasteiger partial charge is 0.399 e. The second kappa shape index (κ2) is 5.89. The molecule has 2 rings (SSSR count). The summed E-state index contributed by atoms with van der Waals surface area (Å²) >= 11 is 0. The minimum absolute atomic E-state index is 0.315. The molecular weight excluding hydrogens is 224 g/mol. The van der Waals surface area contributed by atoms with E-state index in [4.69, 9.17) is 5.73 Å². The van der Waals surface area contributed by atoms with Crippen molar-refractivity contribution in [2.75, 3.05) is 18.8 Å². The summed E-state index contributed by atoms with van der Waals surface area (Å²) in [6.45, 7) is 3.97. The molecule has 1 aliphatic heterocycles. The lowest BCUT2D eigenvalue weighted by Crippen LogP contribution is -2.32. The standard InChI is InChI=1S/C15H22N2O/c1-12-2-7-15(18)17(10-8-12)11-9-13-3-5-14(16)6-4-13/h3-6,12H,2,7-11,16H2,1H3. The Morgan fingerprint density at radius 3 is 2.72 bits per heavy atom. The van der Waals surface area contributed by atoms with Gasteiger partial charge in [-0.3, -0.25) is 4.79 Å². The molecule has 3 heteroatoms. The van der Waals surface area contributed by atoms with Gasteiger partial charge in [0.05, 0.1) is 0 Å². The predicted molar refractivity (Wildman–Crippen MR) is 74.2 cm³/mol. The van der Waals surface area contributed by atoms with E-state index in [0.29, 0.717) is 18.2 Å². The fraction of sp³-hybridized carbons (Fsp3) is 0.533. The Kier molecular flexibility index (Phi) is 4.24. The van der Waals surface area contributed by atoms with Gasteiger partial charge in [0.2, 0.25) is 5.91 Å². The summed E-state index contributed by atoms with van der Waals surface area (Å²) in [7, 11) is 0. The molecule has 0 aromatic heterocycles. The van der Waals surface area contributed by atoms with E-state index in [9.17, 15) is 4.79 Å². The highest BCUT2D eigenvalue weighted by Gasteiger charge is 2.19. The number of amides is 1. The Hall–Kier alpha value is -1.51. The molecule has 1 heterocycles. The third kappa shape index (κ3) is 3.49. The maximum absolute atomic E-state index is 11.9.